The first-order valence-electron chi connectivity index (χ1n) is 8.59. The van der Waals surface area contributed by atoms with E-state index < -0.39 is 0 Å². The number of piperazine rings is 1. The zero-order valence-electron chi connectivity index (χ0n) is 15.1. The summed E-state index contributed by atoms with van der Waals surface area (Å²) in [5, 5.41) is 4.81. The maximum atomic E-state index is 6.23. The monoisotopic (exact) mass is 520 g/mol. The minimum atomic E-state index is 0. The molecule has 0 aliphatic carbocycles. The van der Waals surface area contributed by atoms with Crippen molar-refractivity contribution in [2.75, 3.05) is 44.7 Å². The normalized spacial score (nSPS) is 14.7. The number of anilines is 1. The highest BCUT2D eigenvalue weighted by Crippen LogP contribution is 2.24. The van der Waals surface area contributed by atoms with Crippen molar-refractivity contribution >= 4 is 59.1 Å². The third kappa shape index (κ3) is 5.83. The summed E-state index contributed by atoms with van der Waals surface area (Å²) in [5.41, 5.74) is 0.963. The topological polar surface area (TPSA) is 56.7 Å². The number of aromatic nitrogens is 2. The fourth-order valence-corrected chi connectivity index (χ4v) is 3.56. The molecular weight excluding hydrogens is 498 g/mol. The smallest absolute Gasteiger partial charge is 0.225 e. The number of benzene rings is 1. The fourth-order valence-electron chi connectivity index (χ4n) is 2.98. The van der Waals surface area contributed by atoms with E-state index in [1.54, 1.807) is 19.4 Å². The van der Waals surface area contributed by atoms with Crippen molar-refractivity contribution < 1.29 is 0 Å². The summed E-state index contributed by atoms with van der Waals surface area (Å²) in [7, 11) is 1.80. The van der Waals surface area contributed by atoms with Gasteiger partial charge < -0.3 is 15.1 Å². The zero-order valence-corrected chi connectivity index (χ0v) is 18.9. The Morgan fingerprint density at radius 3 is 2.30 bits per heavy atom. The second-order valence-electron chi connectivity index (χ2n) is 5.95. The largest absolute Gasteiger partial charge is 0.356 e. The molecule has 2 heterocycles. The van der Waals surface area contributed by atoms with Crippen molar-refractivity contribution in [3.8, 4) is 0 Å². The number of guanidine groups is 1. The molecule has 1 aliphatic rings. The van der Waals surface area contributed by atoms with Crippen molar-refractivity contribution in [3.05, 3.63) is 52.3 Å². The molecule has 1 saturated heterocycles. The predicted octanol–water partition coefficient (Wildman–Crippen LogP) is 3.34. The first-order chi connectivity index (χ1) is 12.7. The Morgan fingerprint density at radius 2 is 1.70 bits per heavy atom. The molecule has 0 unspecified atom stereocenters. The lowest BCUT2D eigenvalue weighted by molar-refractivity contribution is 0.370. The van der Waals surface area contributed by atoms with E-state index in [1.165, 1.54) is 0 Å². The Balaban J connectivity index is 0.00000261. The molecule has 1 aromatic heterocycles. The average Bonchev–Trinajstić information content (AvgIpc) is 2.68. The number of hydrogen-bond acceptors (Lipinski definition) is 4. The van der Waals surface area contributed by atoms with Crippen LogP contribution in [0.4, 0.5) is 5.95 Å². The first kappa shape index (κ1) is 22.0. The minimum Gasteiger partial charge on any atom is -0.356 e. The molecule has 0 spiro atoms. The molecule has 2 aromatic rings. The highest BCUT2D eigenvalue weighted by molar-refractivity contribution is 14.0. The lowest BCUT2D eigenvalue weighted by Crippen LogP contribution is -2.53. The van der Waals surface area contributed by atoms with E-state index in [4.69, 9.17) is 23.2 Å². The van der Waals surface area contributed by atoms with Crippen LogP contribution in [0, 0.1) is 0 Å². The molecule has 0 radical (unpaired) electrons. The highest BCUT2D eigenvalue weighted by atomic mass is 127. The van der Waals surface area contributed by atoms with E-state index in [9.17, 15) is 0 Å². The number of rotatable bonds is 4. The van der Waals surface area contributed by atoms with Crippen molar-refractivity contribution in [1.82, 2.24) is 20.2 Å². The van der Waals surface area contributed by atoms with Gasteiger partial charge in [0, 0.05) is 62.2 Å². The van der Waals surface area contributed by atoms with Gasteiger partial charge in [0.1, 0.15) is 0 Å². The molecule has 27 heavy (non-hydrogen) atoms. The molecule has 1 N–H and O–H groups in total. The maximum absolute atomic E-state index is 6.23. The lowest BCUT2D eigenvalue weighted by Gasteiger charge is -2.36. The minimum absolute atomic E-state index is 0. The van der Waals surface area contributed by atoms with E-state index in [1.807, 2.05) is 24.3 Å². The molecule has 0 saturated carbocycles. The van der Waals surface area contributed by atoms with Crippen LogP contribution >= 0.6 is 47.2 Å². The molecule has 146 valence electrons. The Hall–Kier alpha value is -1.32. The number of aliphatic imine (C=N–C) groups is 1. The molecule has 1 aliphatic heterocycles. The Labute approximate surface area is 187 Å². The summed E-state index contributed by atoms with van der Waals surface area (Å²) in [5.74, 6) is 1.67. The van der Waals surface area contributed by atoms with Crippen molar-refractivity contribution in [2.45, 2.75) is 6.42 Å². The van der Waals surface area contributed by atoms with Crippen molar-refractivity contribution in [2.24, 2.45) is 4.99 Å². The van der Waals surface area contributed by atoms with Crippen LogP contribution in [0.2, 0.25) is 10.0 Å². The van der Waals surface area contributed by atoms with Crippen molar-refractivity contribution in [1.29, 1.82) is 0 Å². The Kier molecular flexibility index (Phi) is 8.85. The van der Waals surface area contributed by atoms with Crippen LogP contribution < -0.4 is 10.2 Å². The summed E-state index contributed by atoms with van der Waals surface area (Å²) < 4.78 is 0. The van der Waals surface area contributed by atoms with Crippen LogP contribution in [0.15, 0.2) is 41.7 Å². The predicted molar refractivity (Wildman–Crippen MR) is 123 cm³/mol. The van der Waals surface area contributed by atoms with Gasteiger partial charge in [0.2, 0.25) is 5.95 Å². The number of nitrogens with one attached hydrogen (secondary N) is 1. The molecule has 0 bridgehead atoms. The van der Waals surface area contributed by atoms with E-state index >= 15 is 0 Å². The number of nitrogens with zero attached hydrogens (tertiary/aromatic N) is 5. The summed E-state index contributed by atoms with van der Waals surface area (Å²) in [6.07, 6.45) is 4.29. The van der Waals surface area contributed by atoms with E-state index in [0.717, 1.165) is 56.6 Å². The second-order valence-corrected chi connectivity index (χ2v) is 6.76. The van der Waals surface area contributed by atoms with Gasteiger partial charge >= 0.3 is 0 Å². The zero-order chi connectivity index (χ0) is 18.4. The molecule has 1 aromatic carbocycles. The molecule has 0 atom stereocenters. The van der Waals surface area contributed by atoms with Gasteiger partial charge in [-0.15, -0.1) is 24.0 Å². The third-order valence-corrected chi connectivity index (χ3v) is 5.05. The second kappa shape index (κ2) is 10.9. The Bertz CT molecular complexity index is 731. The fraction of sp³-hybridized carbons (Fsp3) is 0.389. The molecule has 9 heteroatoms. The summed E-state index contributed by atoms with van der Waals surface area (Å²) in [4.78, 5) is 17.5. The van der Waals surface area contributed by atoms with Gasteiger partial charge in [-0.25, -0.2) is 9.97 Å². The molecule has 6 nitrogen and oxygen atoms in total. The van der Waals surface area contributed by atoms with Crippen LogP contribution in [0.3, 0.4) is 0 Å². The van der Waals surface area contributed by atoms with Crippen LogP contribution in [-0.2, 0) is 6.42 Å². The van der Waals surface area contributed by atoms with E-state index in [0.29, 0.717) is 10.0 Å². The summed E-state index contributed by atoms with van der Waals surface area (Å²) >= 11 is 12.5. The van der Waals surface area contributed by atoms with E-state index in [-0.39, 0.29) is 24.0 Å². The first-order valence-corrected chi connectivity index (χ1v) is 9.35. The lowest BCUT2D eigenvalue weighted by atomic mass is 10.1. The average molecular weight is 521 g/mol. The summed E-state index contributed by atoms with van der Waals surface area (Å²) in [6.45, 7) is 4.18. The molecule has 3 rings (SSSR count). The molecule has 0 amide bonds. The summed E-state index contributed by atoms with van der Waals surface area (Å²) in [6, 6.07) is 7.41. The van der Waals surface area contributed by atoms with Gasteiger partial charge in [0.25, 0.3) is 0 Å². The van der Waals surface area contributed by atoms with Crippen molar-refractivity contribution in [3.63, 3.8) is 0 Å². The van der Waals surface area contributed by atoms with Crippen LogP contribution in [0.1, 0.15) is 5.56 Å². The molecular formula is C18H23Cl2IN6. The molecule has 1 fully saturated rings. The van der Waals surface area contributed by atoms with Gasteiger partial charge in [-0.3, -0.25) is 4.99 Å². The standard InChI is InChI=1S/C18H22Cl2N6.HI/c1-21-17(24-9-6-14-15(19)4-2-5-16(14)20)25-10-12-26(13-11-25)18-22-7-3-8-23-18;/h2-5,7-8H,6,9-13H2,1H3,(H,21,24);1H. The SMILES string of the molecule is CN=C(NCCc1c(Cl)cccc1Cl)N1CCN(c2ncccn2)CC1.I. The van der Waals surface area contributed by atoms with Gasteiger partial charge in [-0.1, -0.05) is 29.3 Å². The Morgan fingerprint density at radius 1 is 1.07 bits per heavy atom. The van der Waals surface area contributed by atoms with Crippen LogP contribution in [-0.4, -0.2) is 60.6 Å². The van der Waals surface area contributed by atoms with Crippen LogP contribution in [0.25, 0.3) is 0 Å². The number of halogens is 3. The van der Waals surface area contributed by atoms with Gasteiger partial charge in [-0.05, 0) is 30.2 Å². The van der Waals surface area contributed by atoms with Crippen LogP contribution in [0.5, 0.6) is 0 Å². The quantitative estimate of drug-likeness (QED) is 0.380. The maximum Gasteiger partial charge on any atom is 0.225 e. The highest BCUT2D eigenvalue weighted by Gasteiger charge is 2.21. The number of hydrogen-bond donors (Lipinski definition) is 1. The third-order valence-electron chi connectivity index (χ3n) is 4.35. The van der Waals surface area contributed by atoms with Gasteiger partial charge in [0.05, 0.1) is 0 Å². The van der Waals surface area contributed by atoms with E-state index in [2.05, 4.69) is 30.1 Å². The van der Waals surface area contributed by atoms with Gasteiger partial charge in [-0.2, -0.15) is 0 Å². The van der Waals surface area contributed by atoms with Gasteiger partial charge in [0.15, 0.2) is 5.96 Å².